The van der Waals surface area contributed by atoms with Gasteiger partial charge in [0.1, 0.15) is 11.4 Å². The molecule has 0 saturated carbocycles. The Hall–Kier alpha value is -3.56. The number of rotatable bonds is 4. The van der Waals surface area contributed by atoms with E-state index in [-0.39, 0.29) is 22.8 Å². The van der Waals surface area contributed by atoms with Crippen LogP contribution in [0.25, 0.3) is 22.4 Å². The highest BCUT2D eigenvalue weighted by Gasteiger charge is 2.25. The molecule has 3 aromatic rings. The maximum atomic E-state index is 12.5. The van der Waals surface area contributed by atoms with E-state index in [4.69, 9.17) is 23.8 Å². The van der Waals surface area contributed by atoms with E-state index in [0.29, 0.717) is 23.0 Å². The highest BCUT2D eigenvalue weighted by Crippen LogP contribution is 2.29. The molecule has 0 bridgehead atoms. The molecule has 0 atom stereocenters. The number of nitrogens with zero attached hydrogens (tertiary/aromatic N) is 2. The second kappa shape index (κ2) is 8.66. The average molecular weight is 454 g/mol. The third kappa shape index (κ3) is 4.47. The molecule has 0 aliphatic heterocycles. The molecule has 1 aromatic heterocycles. The van der Waals surface area contributed by atoms with Crippen LogP contribution < -0.4 is 10.6 Å². The number of imidazole rings is 1. The van der Waals surface area contributed by atoms with Gasteiger partial charge in [0.05, 0.1) is 26.7 Å². The maximum Gasteiger partial charge on any atom is 0.264 e. The Morgan fingerprint density at radius 2 is 2.06 bits per heavy atom. The molecular weight excluding hydrogens is 438 g/mol. The van der Waals surface area contributed by atoms with Gasteiger partial charge in [-0.2, -0.15) is 0 Å². The maximum absolute atomic E-state index is 12.5. The lowest BCUT2D eigenvalue weighted by molar-refractivity contribution is -0.428. The number of amides is 1. The fourth-order valence-electron chi connectivity index (χ4n) is 3.23. The fourth-order valence-corrected chi connectivity index (χ4v) is 3.60. The fraction of sp³-hybridized carbons (Fsp3) is 0.0952. The molecule has 1 aliphatic rings. The number of nitro groups is 1. The van der Waals surface area contributed by atoms with Crippen LogP contribution in [0, 0.1) is 10.1 Å². The number of halogens is 1. The van der Waals surface area contributed by atoms with Crippen molar-refractivity contribution >= 4 is 51.6 Å². The first-order valence-corrected chi connectivity index (χ1v) is 10.1. The molecule has 0 fully saturated rings. The number of carbonyl (C=O) groups is 1. The van der Waals surface area contributed by atoms with E-state index in [1.54, 1.807) is 18.2 Å². The summed E-state index contributed by atoms with van der Waals surface area (Å²) in [5.41, 5.74) is 2.83. The highest BCUT2D eigenvalue weighted by molar-refractivity contribution is 7.80. The van der Waals surface area contributed by atoms with Gasteiger partial charge in [0.2, 0.25) is 0 Å². The Balaban J connectivity index is 1.53. The summed E-state index contributed by atoms with van der Waals surface area (Å²) in [7, 11) is 0. The van der Waals surface area contributed by atoms with Gasteiger partial charge >= 0.3 is 0 Å². The van der Waals surface area contributed by atoms with E-state index < -0.39 is 10.8 Å². The molecule has 1 amide bonds. The van der Waals surface area contributed by atoms with Gasteiger partial charge < -0.3 is 10.3 Å². The van der Waals surface area contributed by atoms with Crippen molar-refractivity contribution in [2.24, 2.45) is 0 Å². The minimum Gasteiger partial charge on any atom is -0.338 e. The summed E-state index contributed by atoms with van der Waals surface area (Å²) in [5, 5.41) is 16.9. The summed E-state index contributed by atoms with van der Waals surface area (Å²) >= 11 is 11.5. The van der Waals surface area contributed by atoms with Crippen molar-refractivity contribution < 1.29 is 9.72 Å². The van der Waals surface area contributed by atoms with Crippen LogP contribution in [0.4, 0.5) is 5.69 Å². The number of benzene rings is 2. The van der Waals surface area contributed by atoms with Crippen LogP contribution in [0.1, 0.15) is 12.8 Å². The number of hydrogen-bond donors (Lipinski definition) is 3. The molecule has 0 saturated heterocycles. The lowest BCUT2D eigenvalue weighted by atomic mass is 10.0. The van der Waals surface area contributed by atoms with Gasteiger partial charge in [-0.25, -0.2) is 4.98 Å². The summed E-state index contributed by atoms with van der Waals surface area (Å²) < 4.78 is 0. The van der Waals surface area contributed by atoms with E-state index in [9.17, 15) is 14.9 Å². The molecule has 156 valence electrons. The van der Waals surface area contributed by atoms with Gasteiger partial charge in [0.15, 0.2) is 5.11 Å². The van der Waals surface area contributed by atoms with Crippen molar-refractivity contribution in [1.82, 2.24) is 15.3 Å². The molecule has 1 heterocycles. The molecule has 31 heavy (non-hydrogen) atoms. The number of hydrogen-bond acceptors (Lipinski definition) is 5. The van der Waals surface area contributed by atoms with E-state index in [1.165, 1.54) is 6.08 Å². The number of fused-ring (bicyclic) bond motifs is 1. The van der Waals surface area contributed by atoms with Crippen LogP contribution >= 0.6 is 23.8 Å². The molecule has 3 N–H and O–H groups in total. The number of aromatic amines is 1. The zero-order valence-electron chi connectivity index (χ0n) is 16.0. The molecule has 0 radical (unpaired) electrons. The Bertz CT molecular complexity index is 1250. The molecule has 0 unspecified atom stereocenters. The first-order valence-electron chi connectivity index (χ1n) is 9.33. The predicted molar refractivity (Wildman–Crippen MR) is 123 cm³/mol. The molecule has 4 rings (SSSR count). The van der Waals surface area contributed by atoms with Crippen LogP contribution in [0.15, 0.2) is 65.9 Å². The molecule has 2 aromatic carbocycles. The normalized spacial score (nSPS) is 13.3. The van der Waals surface area contributed by atoms with Crippen LogP contribution in [0.5, 0.6) is 0 Å². The number of thiocarbonyl (C=S) groups is 1. The summed E-state index contributed by atoms with van der Waals surface area (Å²) in [5.74, 6) is 0.00806. The molecule has 10 heteroatoms. The van der Waals surface area contributed by atoms with Crippen molar-refractivity contribution in [3.05, 3.63) is 81.0 Å². The number of allylic oxidation sites excluding steroid dienone is 2. The van der Waals surface area contributed by atoms with Gasteiger partial charge in [-0.3, -0.25) is 20.2 Å². The number of H-pyrrole nitrogens is 1. The zero-order valence-corrected chi connectivity index (χ0v) is 17.6. The second-order valence-electron chi connectivity index (χ2n) is 6.76. The number of carbonyl (C=O) groups excluding carboxylic acids is 1. The molecular formula is C21H16ClN5O3S. The minimum atomic E-state index is -0.648. The van der Waals surface area contributed by atoms with Gasteiger partial charge in [-0.05, 0) is 55.0 Å². The van der Waals surface area contributed by atoms with Crippen molar-refractivity contribution in [2.75, 3.05) is 5.32 Å². The molecule has 0 spiro atoms. The number of para-hydroxylation sites is 2. The van der Waals surface area contributed by atoms with Gasteiger partial charge in [-0.1, -0.05) is 29.8 Å². The van der Waals surface area contributed by atoms with E-state index >= 15 is 0 Å². The third-order valence-electron chi connectivity index (χ3n) is 4.71. The lowest BCUT2D eigenvalue weighted by Crippen LogP contribution is -2.36. The Morgan fingerprint density at radius 3 is 2.84 bits per heavy atom. The minimum absolute atomic E-state index is 0.0116. The summed E-state index contributed by atoms with van der Waals surface area (Å²) in [6, 6.07) is 12.9. The largest absolute Gasteiger partial charge is 0.338 e. The van der Waals surface area contributed by atoms with Crippen LogP contribution in [0.3, 0.4) is 0 Å². The molecule has 8 nitrogen and oxygen atoms in total. The third-order valence-corrected chi connectivity index (χ3v) is 5.25. The summed E-state index contributed by atoms with van der Waals surface area (Å²) in [6.07, 6.45) is 3.86. The zero-order chi connectivity index (χ0) is 22.0. The van der Waals surface area contributed by atoms with Crippen molar-refractivity contribution in [2.45, 2.75) is 12.8 Å². The van der Waals surface area contributed by atoms with Crippen LogP contribution in [-0.2, 0) is 4.79 Å². The number of aromatic nitrogens is 2. The summed E-state index contributed by atoms with van der Waals surface area (Å²) in [4.78, 5) is 30.9. The Labute approximate surface area is 187 Å². The summed E-state index contributed by atoms with van der Waals surface area (Å²) in [6.45, 7) is 0. The Morgan fingerprint density at radius 1 is 1.26 bits per heavy atom. The first kappa shape index (κ1) is 20.7. The van der Waals surface area contributed by atoms with E-state index in [2.05, 4.69) is 20.6 Å². The lowest BCUT2D eigenvalue weighted by Gasteiger charge is -2.13. The van der Waals surface area contributed by atoms with E-state index in [0.717, 1.165) is 16.6 Å². The second-order valence-corrected chi connectivity index (χ2v) is 7.58. The standard InChI is InChI=1S/C21H16ClN5O3S/c22-14-10-9-12(19-23-15-6-2-3-7-16(15)24-19)11-17(14)25-21(31)26-20(28)13-5-1-4-8-18(13)27(29)30/h1-3,5-7,9-11H,4,8H2,(H,23,24)(H2,25,26,28,31). The van der Waals surface area contributed by atoms with Crippen LogP contribution in [0.2, 0.25) is 5.02 Å². The smallest absolute Gasteiger partial charge is 0.264 e. The van der Waals surface area contributed by atoms with E-state index in [1.807, 2.05) is 30.3 Å². The average Bonchev–Trinajstić information content (AvgIpc) is 3.19. The van der Waals surface area contributed by atoms with Crippen LogP contribution in [-0.4, -0.2) is 25.9 Å². The quantitative estimate of drug-likeness (QED) is 0.303. The topological polar surface area (TPSA) is 113 Å². The Kier molecular flexibility index (Phi) is 5.79. The highest BCUT2D eigenvalue weighted by atomic mass is 35.5. The molecule has 1 aliphatic carbocycles. The van der Waals surface area contributed by atoms with Crippen molar-refractivity contribution in [3.8, 4) is 11.4 Å². The van der Waals surface area contributed by atoms with Gasteiger partial charge in [-0.15, -0.1) is 0 Å². The SMILES string of the molecule is O=C(NC(=S)Nc1cc(-c2nc3ccccc3[nH]2)ccc1Cl)C1=C([N+](=O)[O-])CCC=C1. The van der Waals surface area contributed by atoms with Crippen molar-refractivity contribution in [3.63, 3.8) is 0 Å². The van der Waals surface area contributed by atoms with Crippen molar-refractivity contribution in [1.29, 1.82) is 0 Å². The van der Waals surface area contributed by atoms with Gasteiger partial charge in [0, 0.05) is 12.0 Å². The monoisotopic (exact) mass is 453 g/mol. The van der Waals surface area contributed by atoms with Gasteiger partial charge in [0.25, 0.3) is 11.6 Å². The predicted octanol–water partition coefficient (Wildman–Crippen LogP) is 4.58. The number of anilines is 1. The number of nitrogens with one attached hydrogen (secondary N) is 3. The first-order chi connectivity index (χ1) is 14.9.